The van der Waals surface area contributed by atoms with E-state index in [4.69, 9.17) is 0 Å². The van der Waals surface area contributed by atoms with Crippen molar-refractivity contribution in [1.82, 2.24) is 0 Å². The van der Waals surface area contributed by atoms with E-state index >= 15 is 0 Å². The smallest absolute Gasteiger partial charge is 0.0430 e. The van der Waals surface area contributed by atoms with Crippen LogP contribution in [0.25, 0.3) is 26.8 Å². The van der Waals surface area contributed by atoms with E-state index in [2.05, 4.69) is 74.5 Å². The van der Waals surface area contributed by atoms with E-state index in [1.165, 1.54) is 55.6 Å². The van der Waals surface area contributed by atoms with E-state index in [-0.39, 0.29) is 0 Å². The Bertz CT molecular complexity index is 923. The van der Waals surface area contributed by atoms with Crippen molar-refractivity contribution in [3.05, 3.63) is 76.7 Å². The Morgan fingerprint density at radius 3 is 2.52 bits per heavy atom. The molecule has 0 amide bonds. The van der Waals surface area contributed by atoms with Gasteiger partial charge in [0.15, 0.2) is 0 Å². The zero-order valence-corrected chi connectivity index (χ0v) is 14.4. The Kier molecular flexibility index (Phi) is 3.66. The van der Waals surface area contributed by atoms with Crippen molar-refractivity contribution in [1.29, 1.82) is 0 Å². The highest BCUT2D eigenvalue weighted by atomic mass is 32.1. The standard InChI is InChI=1S/C22H20S/c1-15-9-6-7-12-18(15)21-16(2)23-22-19(13-8-14-20(21)22)17-10-4-3-5-11-17/h3-5,7-8,10-14H,6,9H2,1-2H3. The first-order valence-electron chi connectivity index (χ1n) is 8.20. The lowest BCUT2D eigenvalue weighted by molar-refractivity contribution is 0.968. The number of fused-ring (bicyclic) bond motifs is 1. The molecule has 0 N–H and O–H groups in total. The fourth-order valence-electron chi connectivity index (χ4n) is 3.49. The predicted octanol–water partition coefficient (Wildman–Crippen LogP) is 7.00. The average Bonchev–Trinajstić information content (AvgIpc) is 2.92. The van der Waals surface area contributed by atoms with Gasteiger partial charge in [0.1, 0.15) is 0 Å². The van der Waals surface area contributed by atoms with Crippen LogP contribution in [0.1, 0.15) is 30.2 Å². The molecule has 114 valence electrons. The van der Waals surface area contributed by atoms with Gasteiger partial charge in [0.25, 0.3) is 0 Å². The molecule has 4 rings (SSSR count). The van der Waals surface area contributed by atoms with Crippen LogP contribution in [-0.4, -0.2) is 0 Å². The first kappa shape index (κ1) is 14.5. The van der Waals surface area contributed by atoms with Crippen molar-refractivity contribution in [3.8, 4) is 11.1 Å². The van der Waals surface area contributed by atoms with Crippen molar-refractivity contribution in [2.75, 3.05) is 0 Å². The zero-order chi connectivity index (χ0) is 15.8. The van der Waals surface area contributed by atoms with Gasteiger partial charge in [0.2, 0.25) is 0 Å². The first-order chi connectivity index (χ1) is 11.3. The Hall–Kier alpha value is -2.12. The van der Waals surface area contributed by atoms with Crippen LogP contribution in [0.2, 0.25) is 0 Å². The van der Waals surface area contributed by atoms with Crippen molar-refractivity contribution in [3.63, 3.8) is 0 Å². The van der Waals surface area contributed by atoms with Gasteiger partial charge in [-0.05, 0) is 43.4 Å². The average molecular weight is 316 g/mol. The zero-order valence-electron chi connectivity index (χ0n) is 13.6. The maximum atomic E-state index is 2.32. The number of hydrogen-bond donors (Lipinski definition) is 0. The third kappa shape index (κ3) is 2.46. The summed E-state index contributed by atoms with van der Waals surface area (Å²) in [6, 6.07) is 17.4. The van der Waals surface area contributed by atoms with Crippen LogP contribution in [-0.2, 0) is 0 Å². The monoisotopic (exact) mass is 316 g/mol. The van der Waals surface area contributed by atoms with Crippen molar-refractivity contribution in [2.45, 2.75) is 26.7 Å². The van der Waals surface area contributed by atoms with Gasteiger partial charge in [-0.1, -0.05) is 66.3 Å². The van der Waals surface area contributed by atoms with Gasteiger partial charge in [-0.15, -0.1) is 11.3 Å². The lowest BCUT2D eigenvalue weighted by Crippen LogP contribution is -1.92. The summed E-state index contributed by atoms with van der Waals surface area (Å²) in [5.41, 5.74) is 7.04. The van der Waals surface area contributed by atoms with Crippen molar-refractivity contribution < 1.29 is 0 Å². The maximum Gasteiger partial charge on any atom is 0.0430 e. The number of aryl methyl sites for hydroxylation is 1. The molecule has 1 aliphatic rings. The van der Waals surface area contributed by atoms with Gasteiger partial charge in [0.05, 0.1) is 0 Å². The topological polar surface area (TPSA) is 0 Å². The molecule has 3 aromatic rings. The number of thiophene rings is 1. The third-order valence-corrected chi connectivity index (χ3v) is 5.83. The van der Waals surface area contributed by atoms with Crippen LogP contribution in [0.3, 0.4) is 0 Å². The van der Waals surface area contributed by atoms with Gasteiger partial charge in [-0.3, -0.25) is 0 Å². The van der Waals surface area contributed by atoms with Crippen LogP contribution in [0.4, 0.5) is 0 Å². The summed E-state index contributed by atoms with van der Waals surface area (Å²) >= 11 is 1.93. The van der Waals surface area contributed by atoms with E-state index in [0.717, 1.165) is 0 Å². The summed E-state index contributed by atoms with van der Waals surface area (Å²) in [5, 5.41) is 1.40. The minimum atomic E-state index is 1.17. The molecule has 1 heteroatoms. The summed E-state index contributed by atoms with van der Waals surface area (Å²) < 4.78 is 1.41. The van der Waals surface area contributed by atoms with E-state index in [0.29, 0.717) is 0 Å². The van der Waals surface area contributed by atoms with Gasteiger partial charge in [-0.25, -0.2) is 0 Å². The molecular weight excluding hydrogens is 296 g/mol. The highest BCUT2D eigenvalue weighted by Crippen LogP contribution is 2.42. The molecule has 0 unspecified atom stereocenters. The Morgan fingerprint density at radius 2 is 1.74 bits per heavy atom. The van der Waals surface area contributed by atoms with Crippen LogP contribution in [0, 0.1) is 6.92 Å². The predicted molar refractivity (Wildman–Crippen MR) is 103 cm³/mol. The molecule has 0 radical (unpaired) electrons. The van der Waals surface area contributed by atoms with Crippen molar-refractivity contribution >= 4 is 27.0 Å². The van der Waals surface area contributed by atoms with E-state index in [9.17, 15) is 0 Å². The Balaban J connectivity index is 1.99. The molecule has 0 saturated heterocycles. The van der Waals surface area contributed by atoms with Crippen LogP contribution in [0.15, 0.2) is 66.3 Å². The van der Waals surface area contributed by atoms with E-state index in [1.54, 1.807) is 0 Å². The normalized spacial score (nSPS) is 14.7. The summed E-state index contributed by atoms with van der Waals surface area (Å²) in [6.45, 7) is 4.54. The lowest BCUT2D eigenvalue weighted by Gasteiger charge is -2.13. The van der Waals surface area contributed by atoms with E-state index in [1.807, 2.05) is 11.3 Å². The second-order valence-electron chi connectivity index (χ2n) is 6.22. The Labute approximate surface area is 141 Å². The number of hydrogen-bond acceptors (Lipinski definition) is 1. The Morgan fingerprint density at radius 1 is 0.913 bits per heavy atom. The van der Waals surface area contributed by atoms with E-state index < -0.39 is 0 Å². The summed E-state index contributed by atoms with van der Waals surface area (Å²) in [7, 11) is 0. The quantitative estimate of drug-likeness (QED) is 0.477. The molecule has 23 heavy (non-hydrogen) atoms. The molecule has 2 aromatic carbocycles. The highest BCUT2D eigenvalue weighted by Gasteiger charge is 2.17. The minimum Gasteiger partial charge on any atom is -0.139 e. The molecule has 0 atom stereocenters. The molecule has 0 nitrogen and oxygen atoms in total. The number of benzene rings is 2. The van der Waals surface area contributed by atoms with Crippen LogP contribution in [0.5, 0.6) is 0 Å². The van der Waals surface area contributed by atoms with Gasteiger partial charge in [0, 0.05) is 20.5 Å². The fraction of sp³-hybridized carbons (Fsp3) is 0.182. The summed E-state index contributed by atoms with van der Waals surface area (Å²) in [4.78, 5) is 1.42. The van der Waals surface area contributed by atoms with Crippen LogP contribution < -0.4 is 0 Å². The molecule has 0 fully saturated rings. The van der Waals surface area contributed by atoms with Gasteiger partial charge < -0.3 is 0 Å². The first-order valence-corrected chi connectivity index (χ1v) is 9.01. The molecule has 0 aliphatic heterocycles. The molecule has 1 aliphatic carbocycles. The van der Waals surface area contributed by atoms with Gasteiger partial charge >= 0.3 is 0 Å². The summed E-state index contributed by atoms with van der Waals surface area (Å²) in [6.07, 6.45) is 6.99. The summed E-state index contributed by atoms with van der Waals surface area (Å²) in [5.74, 6) is 0. The molecule has 1 heterocycles. The molecule has 0 bridgehead atoms. The van der Waals surface area contributed by atoms with Crippen LogP contribution >= 0.6 is 11.3 Å². The second-order valence-corrected chi connectivity index (χ2v) is 7.44. The molecule has 0 spiro atoms. The lowest BCUT2D eigenvalue weighted by atomic mass is 9.91. The van der Waals surface area contributed by atoms with Crippen molar-refractivity contribution in [2.24, 2.45) is 0 Å². The number of allylic oxidation sites excluding steroid dienone is 4. The third-order valence-electron chi connectivity index (χ3n) is 4.68. The largest absolute Gasteiger partial charge is 0.139 e. The highest BCUT2D eigenvalue weighted by molar-refractivity contribution is 7.20. The molecular formula is C22H20S. The molecule has 1 aromatic heterocycles. The maximum absolute atomic E-state index is 2.32. The fourth-order valence-corrected chi connectivity index (χ4v) is 4.70. The van der Waals surface area contributed by atoms with Gasteiger partial charge in [-0.2, -0.15) is 0 Å². The second kappa shape index (κ2) is 5.82. The number of rotatable bonds is 2. The minimum absolute atomic E-state index is 1.17. The SMILES string of the molecule is CC1=C(c2c(C)sc3c(-c4ccccc4)cccc23)C=CCC1. The molecule has 0 saturated carbocycles.